The van der Waals surface area contributed by atoms with Crippen molar-refractivity contribution >= 4 is 5.96 Å². The lowest BCUT2D eigenvalue weighted by Gasteiger charge is -2.35. The minimum atomic E-state index is 0.460. The van der Waals surface area contributed by atoms with Gasteiger partial charge in [-0.1, -0.05) is 13.8 Å². The Kier molecular flexibility index (Phi) is 11.9. The molecule has 0 aromatic carbocycles. The van der Waals surface area contributed by atoms with Gasteiger partial charge in [-0.15, -0.1) is 0 Å². The van der Waals surface area contributed by atoms with E-state index in [0.29, 0.717) is 18.0 Å². The van der Waals surface area contributed by atoms with Gasteiger partial charge in [-0.25, -0.2) is 0 Å². The van der Waals surface area contributed by atoms with Crippen LogP contribution in [0.2, 0.25) is 0 Å². The Labute approximate surface area is 163 Å². The SMILES string of the molecule is CCNC(=NCC1CCCN(C(C)C)C1)NC(C)CCCN(CC)CC. The van der Waals surface area contributed by atoms with Gasteiger partial charge >= 0.3 is 0 Å². The molecule has 5 nitrogen and oxygen atoms in total. The summed E-state index contributed by atoms with van der Waals surface area (Å²) in [7, 11) is 0. The normalized spacial score (nSPS) is 20.6. The van der Waals surface area contributed by atoms with E-state index < -0.39 is 0 Å². The lowest BCUT2D eigenvalue weighted by Crippen LogP contribution is -2.44. The molecule has 5 heteroatoms. The van der Waals surface area contributed by atoms with Crippen molar-refractivity contribution in [1.82, 2.24) is 20.4 Å². The van der Waals surface area contributed by atoms with Crippen LogP contribution in [-0.4, -0.2) is 73.7 Å². The molecule has 1 aliphatic heterocycles. The fourth-order valence-electron chi connectivity index (χ4n) is 3.72. The van der Waals surface area contributed by atoms with Crippen LogP contribution < -0.4 is 10.6 Å². The van der Waals surface area contributed by atoms with E-state index in [1.807, 2.05) is 0 Å². The van der Waals surface area contributed by atoms with Crippen LogP contribution in [0.1, 0.15) is 67.2 Å². The number of aliphatic imine (C=N–C) groups is 1. The first-order valence-corrected chi connectivity index (χ1v) is 11.0. The Hall–Kier alpha value is -0.810. The Morgan fingerprint density at radius 2 is 1.92 bits per heavy atom. The average molecular weight is 368 g/mol. The summed E-state index contributed by atoms with van der Waals surface area (Å²) in [5.74, 6) is 1.68. The molecule has 0 spiro atoms. The first-order valence-electron chi connectivity index (χ1n) is 11.0. The number of guanidine groups is 1. The molecule has 0 radical (unpaired) electrons. The highest BCUT2D eigenvalue weighted by Gasteiger charge is 2.21. The monoisotopic (exact) mass is 367 g/mol. The topological polar surface area (TPSA) is 42.9 Å². The molecule has 154 valence electrons. The molecule has 1 heterocycles. The number of nitrogens with zero attached hydrogens (tertiary/aromatic N) is 3. The molecular weight excluding hydrogens is 322 g/mol. The maximum atomic E-state index is 4.90. The molecular formula is C21H45N5. The van der Waals surface area contributed by atoms with Crippen molar-refractivity contribution in [3.8, 4) is 0 Å². The Balaban J connectivity index is 2.42. The zero-order valence-corrected chi connectivity index (χ0v) is 18.4. The van der Waals surface area contributed by atoms with Gasteiger partial charge in [-0.3, -0.25) is 4.99 Å². The summed E-state index contributed by atoms with van der Waals surface area (Å²) in [6, 6.07) is 1.11. The number of hydrogen-bond donors (Lipinski definition) is 2. The van der Waals surface area contributed by atoms with Crippen molar-refractivity contribution in [2.24, 2.45) is 10.9 Å². The third-order valence-electron chi connectivity index (χ3n) is 5.52. The predicted octanol–water partition coefficient (Wildman–Crippen LogP) is 3.17. The van der Waals surface area contributed by atoms with E-state index in [1.165, 1.54) is 45.3 Å². The molecule has 2 atom stereocenters. The molecule has 0 saturated carbocycles. The first kappa shape index (κ1) is 23.2. The quantitative estimate of drug-likeness (QED) is 0.435. The summed E-state index contributed by atoms with van der Waals surface area (Å²) in [4.78, 5) is 10.00. The van der Waals surface area contributed by atoms with E-state index in [4.69, 9.17) is 4.99 Å². The Morgan fingerprint density at radius 1 is 1.19 bits per heavy atom. The van der Waals surface area contributed by atoms with Gasteiger partial charge < -0.3 is 20.4 Å². The molecule has 0 aromatic heterocycles. The summed E-state index contributed by atoms with van der Waals surface area (Å²) in [6.45, 7) is 21.3. The summed E-state index contributed by atoms with van der Waals surface area (Å²) in [6.07, 6.45) is 5.04. The first-order chi connectivity index (χ1) is 12.5. The fourth-order valence-corrected chi connectivity index (χ4v) is 3.72. The average Bonchev–Trinajstić information content (AvgIpc) is 2.63. The molecule has 1 aliphatic rings. The summed E-state index contributed by atoms with van der Waals surface area (Å²) >= 11 is 0. The number of nitrogens with one attached hydrogen (secondary N) is 2. The minimum absolute atomic E-state index is 0.460. The van der Waals surface area contributed by atoms with E-state index in [-0.39, 0.29) is 0 Å². The van der Waals surface area contributed by atoms with Gasteiger partial charge in [0.05, 0.1) is 0 Å². The second-order valence-corrected chi connectivity index (χ2v) is 8.03. The van der Waals surface area contributed by atoms with Gasteiger partial charge in [0, 0.05) is 31.7 Å². The van der Waals surface area contributed by atoms with Crippen LogP contribution in [-0.2, 0) is 0 Å². The van der Waals surface area contributed by atoms with Crippen LogP contribution >= 0.6 is 0 Å². The van der Waals surface area contributed by atoms with E-state index in [9.17, 15) is 0 Å². The molecule has 0 aliphatic carbocycles. The van der Waals surface area contributed by atoms with Crippen molar-refractivity contribution in [2.45, 2.75) is 79.3 Å². The Bertz CT molecular complexity index is 379. The van der Waals surface area contributed by atoms with Gasteiger partial charge in [0.15, 0.2) is 5.96 Å². The predicted molar refractivity (Wildman–Crippen MR) is 115 cm³/mol. The van der Waals surface area contributed by atoms with Gasteiger partial charge in [-0.2, -0.15) is 0 Å². The molecule has 0 bridgehead atoms. The number of piperidine rings is 1. The summed E-state index contributed by atoms with van der Waals surface area (Å²) in [5, 5.41) is 7.03. The molecule has 1 rings (SSSR count). The molecule has 2 N–H and O–H groups in total. The lowest BCUT2D eigenvalue weighted by atomic mass is 9.97. The minimum Gasteiger partial charge on any atom is -0.357 e. The van der Waals surface area contributed by atoms with E-state index in [2.05, 4.69) is 62.0 Å². The van der Waals surface area contributed by atoms with Crippen LogP contribution in [0.3, 0.4) is 0 Å². The largest absolute Gasteiger partial charge is 0.357 e. The molecule has 0 aromatic rings. The van der Waals surface area contributed by atoms with Crippen molar-refractivity contribution in [3.05, 3.63) is 0 Å². The second-order valence-electron chi connectivity index (χ2n) is 8.03. The van der Waals surface area contributed by atoms with Crippen LogP contribution in [0.5, 0.6) is 0 Å². The van der Waals surface area contributed by atoms with Crippen LogP contribution in [0, 0.1) is 5.92 Å². The van der Waals surface area contributed by atoms with Gasteiger partial charge in [0.1, 0.15) is 0 Å². The number of likely N-dealkylation sites (tertiary alicyclic amines) is 1. The van der Waals surface area contributed by atoms with Crippen LogP contribution in [0.15, 0.2) is 4.99 Å². The highest BCUT2D eigenvalue weighted by atomic mass is 15.2. The second kappa shape index (κ2) is 13.4. The molecule has 0 amide bonds. The lowest BCUT2D eigenvalue weighted by molar-refractivity contribution is 0.143. The third kappa shape index (κ3) is 9.22. The van der Waals surface area contributed by atoms with E-state index >= 15 is 0 Å². The van der Waals surface area contributed by atoms with Crippen molar-refractivity contribution in [2.75, 3.05) is 45.8 Å². The van der Waals surface area contributed by atoms with Crippen LogP contribution in [0.25, 0.3) is 0 Å². The highest BCUT2D eigenvalue weighted by molar-refractivity contribution is 5.80. The maximum Gasteiger partial charge on any atom is 0.191 e. The third-order valence-corrected chi connectivity index (χ3v) is 5.52. The van der Waals surface area contributed by atoms with Crippen molar-refractivity contribution < 1.29 is 0 Å². The zero-order valence-electron chi connectivity index (χ0n) is 18.4. The van der Waals surface area contributed by atoms with E-state index in [0.717, 1.165) is 32.1 Å². The fraction of sp³-hybridized carbons (Fsp3) is 0.952. The highest BCUT2D eigenvalue weighted by Crippen LogP contribution is 2.18. The van der Waals surface area contributed by atoms with Gasteiger partial charge in [-0.05, 0) is 85.5 Å². The summed E-state index contributed by atoms with van der Waals surface area (Å²) < 4.78 is 0. The number of hydrogen-bond acceptors (Lipinski definition) is 3. The summed E-state index contributed by atoms with van der Waals surface area (Å²) in [5.41, 5.74) is 0. The Morgan fingerprint density at radius 3 is 2.54 bits per heavy atom. The molecule has 2 unspecified atom stereocenters. The smallest absolute Gasteiger partial charge is 0.191 e. The maximum absolute atomic E-state index is 4.90. The van der Waals surface area contributed by atoms with Crippen molar-refractivity contribution in [1.29, 1.82) is 0 Å². The molecule has 26 heavy (non-hydrogen) atoms. The van der Waals surface area contributed by atoms with E-state index in [1.54, 1.807) is 0 Å². The van der Waals surface area contributed by atoms with Gasteiger partial charge in [0.2, 0.25) is 0 Å². The van der Waals surface area contributed by atoms with Crippen LogP contribution in [0.4, 0.5) is 0 Å². The van der Waals surface area contributed by atoms with Gasteiger partial charge in [0.25, 0.3) is 0 Å². The molecule has 1 saturated heterocycles. The number of rotatable bonds is 11. The zero-order chi connectivity index (χ0) is 19.4. The van der Waals surface area contributed by atoms with Crippen molar-refractivity contribution in [3.63, 3.8) is 0 Å². The standard InChI is InChI=1S/C21H45N5/c1-7-22-21(24-19(6)12-10-14-25(8-2)9-3)23-16-20-13-11-15-26(17-20)18(4)5/h18-20H,7-17H2,1-6H3,(H2,22,23,24). The molecule has 1 fully saturated rings.